The highest BCUT2D eigenvalue weighted by Crippen LogP contribution is 2.20. The molecule has 0 saturated carbocycles. The van der Waals surface area contributed by atoms with E-state index in [1.165, 1.54) is 12.0 Å². The standard InChI is InChI=1S/C12H11NO/c13-8-11-5-2-6-12(7-11)14-9-10-3-1-4-10/h2-3,5-7H,1,4,9H2. The SMILES string of the molecule is N#Cc1cccc(OCC2=CCC2)c1. The van der Waals surface area contributed by atoms with Crippen LogP contribution in [0.4, 0.5) is 0 Å². The van der Waals surface area contributed by atoms with E-state index in [-0.39, 0.29) is 0 Å². The Kier molecular flexibility index (Phi) is 2.51. The van der Waals surface area contributed by atoms with Crippen LogP contribution in [0, 0.1) is 11.3 Å². The smallest absolute Gasteiger partial charge is 0.121 e. The van der Waals surface area contributed by atoms with Gasteiger partial charge in [0.15, 0.2) is 0 Å². The Hall–Kier alpha value is -1.75. The summed E-state index contributed by atoms with van der Waals surface area (Å²) < 4.78 is 5.53. The topological polar surface area (TPSA) is 33.0 Å². The molecule has 0 saturated heterocycles. The lowest BCUT2D eigenvalue weighted by Gasteiger charge is -2.14. The predicted octanol–water partition coefficient (Wildman–Crippen LogP) is 2.66. The molecule has 0 radical (unpaired) electrons. The number of allylic oxidation sites excluding steroid dienone is 1. The van der Waals surface area contributed by atoms with Crippen LogP contribution in [0.25, 0.3) is 0 Å². The average Bonchev–Trinajstić information content (AvgIpc) is 2.16. The van der Waals surface area contributed by atoms with Gasteiger partial charge in [-0.25, -0.2) is 0 Å². The van der Waals surface area contributed by atoms with Crippen molar-refractivity contribution in [3.8, 4) is 11.8 Å². The number of nitriles is 1. The molecule has 1 aromatic carbocycles. The molecule has 0 aromatic heterocycles. The highest BCUT2D eigenvalue weighted by Gasteiger charge is 2.05. The van der Waals surface area contributed by atoms with E-state index < -0.39 is 0 Å². The summed E-state index contributed by atoms with van der Waals surface area (Å²) >= 11 is 0. The monoisotopic (exact) mass is 185 g/mol. The first-order chi connectivity index (χ1) is 6.88. The van der Waals surface area contributed by atoms with Crippen LogP contribution < -0.4 is 4.74 Å². The summed E-state index contributed by atoms with van der Waals surface area (Å²) in [5.41, 5.74) is 2.00. The van der Waals surface area contributed by atoms with Crippen molar-refractivity contribution < 1.29 is 4.74 Å². The maximum atomic E-state index is 8.68. The number of nitrogens with zero attached hydrogens (tertiary/aromatic N) is 1. The van der Waals surface area contributed by atoms with Crippen molar-refractivity contribution in [2.75, 3.05) is 6.61 Å². The van der Waals surface area contributed by atoms with Crippen molar-refractivity contribution in [1.82, 2.24) is 0 Å². The van der Waals surface area contributed by atoms with Gasteiger partial charge in [-0.05, 0) is 36.6 Å². The third kappa shape index (κ3) is 1.94. The van der Waals surface area contributed by atoms with Gasteiger partial charge in [0.2, 0.25) is 0 Å². The summed E-state index contributed by atoms with van der Waals surface area (Å²) in [4.78, 5) is 0. The van der Waals surface area contributed by atoms with Gasteiger partial charge in [0, 0.05) is 0 Å². The molecule has 0 heterocycles. The molecule has 70 valence electrons. The molecule has 1 aliphatic carbocycles. The molecule has 0 fully saturated rings. The summed E-state index contributed by atoms with van der Waals surface area (Å²) in [5.74, 6) is 0.775. The molecular weight excluding hydrogens is 174 g/mol. The van der Waals surface area contributed by atoms with Crippen molar-refractivity contribution in [2.45, 2.75) is 12.8 Å². The predicted molar refractivity (Wildman–Crippen MR) is 54.0 cm³/mol. The maximum Gasteiger partial charge on any atom is 0.121 e. The molecule has 0 spiro atoms. The molecule has 14 heavy (non-hydrogen) atoms. The molecule has 0 bridgehead atoms. The van der Waals surface area contributed by atoms with Crippen LogP contribution in [0.5, 0.6) is 5.75 Å². The van der Waals surface area contributed by atoms with E-state index in [0.717, 1.165) is 12.2 Å². The third-order valence-electron chi connectivity index (χ3n) is 2.29. The van der Waals surface area contributed by atoms with Gasteiger partial charge in [0.1, 0.15) is 12.4 Å². The summed E-state index contributed by atoms with van der Waals surface area (Å²) in [6.07, 6.45) is 4.52. The van der Waals surface area contributed by atoms with Crippen LogP contribution >= 0.6 is 0 Å². The Bertz CT molecular complexity index is 401. The van der Waals surface area contributed by atoms with Gasteiger partial charge in [-0.2, -0.15) is 5.26 Å². The van der Waals surface area contributed by atoms with E-state index in [4.69, 9.17) is 10.00 Å². The Morgan fingerprint density at radius 1 is 1.43 bits per heavy atom. The Labute approximate surface area is 83.4 Å². The molecule has 2 rings (SSSR count). The molecule has 0 N–H and O–H groups in total. The number of benzene rings is 1. The van der Waals surface area contributed by atoms with Gasteiger partial charge in [-0.3, -0.25) is 0 Å². The molecule has 0 atom stereocenters. The summed E-state index contributed by atoms with van der Waals surface area (Å²) in [5, 5.41) is 8.68. The molecule has 0 aliphatic heterocycles. The minimum atomic E-state index is 0.644. The van der Waals surface area contributed by atoms with E-state index in [2.05, 4.69) is 12.1 Å². The van der Waals surface area contributed by atoms with Gasteiger partial charge in [-0.15, -0.1) is 0 Å². The molecule has 2 heteroatoms. The van der Waals surface area contributed by atoms with E-state index in [0.29, 0.717) is 12.2 Å². The van der Waals surface area contributed by atoms with Crippen molar-refractivity contribution in [3.05, 3.63) is 41.5 Å². The minimum absolute atomic E-state index is 0.644. The zero-order valence-corrected chi connectivity index (χ0v) is 7.86. The quantitative estimate of drug-likeness (QED) is 0.678. The molecule has 1 aliphatic rings. The first-order valence-electron chi connectivity index (χ1n) is 4.69. The highest BCUT2D eigenvalue weighted by atomic mass is 16.5. The number of ether oxygens (including phenoxy) is 1. The van der Waals surface area contributed by atoms with Gasteiger partial charge < -0.3 is 4.74 Å². The maximum absolute atomic E-state index is 8.68. The average molecular weight is 185 g/mol. The second-order valence-corrected chi connectivity index (χ2v) is 3.33. The lowest BCUT2D eigenvalue weighted by Crippen LogP contribution is -2.06. The highest BCUT2D eigenvalue weighted by molar-refractivity contribution is 5.36. The molecule has 0 unspecified atom stereocenters. The van der Waals surface area contributed by atoms with Gasteiger partial charge in [-0.1, -0.05) is 12.1 Å². The Morgan fingerprint density at radius 2 is 2.29 bits per heavy atom. The second-order valence-electron chi connectivity index (χ2n) is 3.33. The van der Waals surface area contributed by atoms with E-state index in [9.17, 15) is 0 Å². The Morgan fingerprint density at radius 3 is 2.93 bits per heavy atom. The van der Waals surface area contributed by atoms with Crippen LogP contribution in [0.1, 0.15) is 18.4 Å². The largest absolute Gasteiger partial charge is 0.489 e. The van der Waals surface area contributed by atoms with Crippen LogP contribution in [0.2, 0.25) is 0 Å². The Balaban J connectivity index is 1.98. The zero-order valence-electron chi connectivity index (χ0n) is 7.86. The normalized spacial score (nSPS) is 13.8. The minimum Gasteiger partial charge on any atom is -0.489 e. The van der Waals surface area contributed by atoms with Gasteiger partial charge in [0.25, 0.3) is 0 Å². The van der Waals surface area contributed by atoms with E-state index in [1.54, 1.807) is 12.1 Å². The fraction of sp³-hybridized carbons (Fsp3) is 0.250. The first-order valence-corrected chi connectivity index (χ1v) is 4.69. The second kappa shape index (κ2) is 3.97. The van der Waals surface area contributed by atoms with Crippen LogP contribution in [-0.4, -0.2) is 6.61 Å². The van der Waals surface area contributed by atoms with Crippen molar-refractivity contribution in [2.24, 2.45) is 0 Å². The van der Waals surface area contributed by atoms with Gasteiger partial charge >= 0.3 is 0 Å². The summed E-state index contributed by atoms with van der Waals surface area (Å²) in [6.45, 7) is 0.662. The number of hydrogen-bond donors (Lipinski definition) is 0. The number of hydrogen-bond acceptors (Lipinski definition) is 2. The first kappa shape index (κ1) is 8.83. The molecular formula is C12H11NO. The van der Waals surface area contributed by atoms with Crippen LogP contribution in [0.15, 0.2) is 35.9 Å². The molecule has 2 nitrogen and oxygen atoms in total. The number of rotatable bonds is 3. The molecule has 0 amide bonds. The fourth-order valence-corrected chi connectivity index (χ4v) is 1.31. The third-order valence-corrected chi connectivity index (χ3v) is 2.29. The zero-order chi connectivity index (χ0) is 9.80. The summed E-state index contributed by atoms with van der Waals surface area (Å²) in [7, 11) is 0. The summed E-state index contributed by atoms with van der Waals surface area (Å²) in [6, 6.07) is 9.34. The van der Waals surface area contributed by atoms with Crippen LogP contribution in [0.3, 0.4) is 0 Å². The van der Waals surface area contributed by atoms with Gasteiger partial charge in [0.05, 0.1) is 11.6 Å². The lowest BCUT2D eigenvalue weighted by molar-refractivity contribution is 0.342. The van der Waals surface area contributed by atoms with E-state index in [1.807, 2.05) is 12.1 Å². The molecule has 1 aromatic rings. The van der Waals surface area contributed by atoms with Crippen LogP contribution in [-0.2, 0) is 0 Å². The lowest BCUT2D eigenvalue weighted by atomic mass is 10.0. The van der Waals surface area contributed by atoms with Crippen molar-refractivity contribution in [3.63, 3.8) is 0 Å². The fourth-order valence-electron chi connectivity index (χ4n) is 1.31. The van der Waals surface area contributed by atoms with Crippen molar-refractivity contribution in [1.29, 1.82) is 5.26 Å². The van der Waals surface area contributed by atoms with E-state index >= 15 is 0 Å². The van der Waals surface area contributed by atoms with Crippen molar-refractivity contribution >= 4 is 0 Å².